The van der Waals surface area contributed by atoms with Crippen molar-refractivity contribution in [1.82, 2.24) is 4.57 Å². The molecule has 0 radical (unpaired) electrons. The first-order chi connectivity index (χ1) is 9.43. The van der Waals surface area contributed by atoms with Crippen molar-refractivity contribution in [2.24, 2.45) is 0 Å². The standard InChI is InChI=1S/C17H17NO/c1-2-6-15(7-3-1)14-19-13-12-18-11-10-16-8-4-5-9-17(16)18/h1-11H,12-14H2. The maximum absolute atomic E-state index is 5.72. The highest BCUT2D eigenvalue weighted by atomic mass is 16.5. The smallest absolute Gasteiger partial charge is 0.0717 e. The lowest BCUT2D eigenvalue weighted by molar-refractivity contribution is 0.114. The van der Waals surface area contributed by atoms with Gasteiger partial charge in [-0.05, 0) is 23.1 Å². The molecule has 2 aromatic carbocycles. The number of para-hydroxylation sites is 1. The van der Waals surface area contributed by atoms with E-state index in [0.29, 0.717) is 6.61 Å². The van der Waals surface area contributed by atoms with Crippen LogP contribution in [0.3, 0.4) is 0 Å². The van der Waals surface area contributed by atoms with Crippen molar-refractivity contribution in [2.45, 2.75) is 13.2 Å². The van der Waals surface area contributed by atoms with Gasteiger partial charge in [0.05, 0.1) is 13.2 Å². The largest absolute Gasteiger partial charge is 0.375 e. The fraction of sp³-hybridized carbons (Fsp3) is 0.176. The molecule has 0 spiro atoms. The number of hydrogen-bond acceptors (Lipinski definition) is 1. The lowest BCUT2D eigenvalue weighted by Crippen LogP contribution is -2.04. The third-order valence-corrected chi connectivity index (χ3v) is 3.27. The third kappa shape index (κ3) is 2.85. The summed E-state index contributed by atoms with van der Waals surface area (Å²) < 4.78 is 7.96. The summed E-state index contributed by atoms with van der Waals surface area (Å²) in [6, 6.07) is 20.8. The van der Waals surface area contributed by atoms with Crippen molar-refractivity contribution < 1.29 is 4.74 Å². The highest BCUT2D eigenvalue weighted by Crippen LogP contribution is 2.14. The minimum atomic E-state index is 0.681. The van der Waals surface area contributed by atoms with Gasteiger partial charge in [0, 0.05) is 18.3 Å². The van der Waals surface area contributed by atoms with Crippen LogP contribution < -0.4 is 0 Å². The molecule has 3 aromatic rings. The van der Waals surface area contributed by atoms with Gasteiger partial charge in [-0.25, -0.2) is 0 Å². The van der Waals surface area contributed by atoms with Crippen LogP contribution in [0, 0.1) is 0 Å². The Balaban J connectivity index is 1.55. The molecule has 0 unspecified atom stereocenters. The Morgan fingerprint density at radius 1 is 0.842 bits per heavy atom. The molecular weight excluding hydrogens is 234 g/mol. The average molecular weight is 251 g/mol. The van der Waals surface area contributed by atoms with Crippen LogP contribution in [0.5, 0.6) is 0 Å². The summed E-state index contributed by atoms with van der Waals surface area (Å²) in [6.45, 7) is 2.30. The zero-order valence-electron chi connectivity index (χ0n) is 10.8. The maximum Gasteiger partial charge on any atom is 0.0717 e. The molecule has 3 rings (SSSR count). The number of ether oxygens (including phenoxy) is 1. The zero-order valence-corrected chi connectivity index (χ0v) is 10.8. The van der Waals surface area contributed by atoms with Gasteiger partial charge in [-0.2, -0.15) is 0 Å². The summed E-state index contributed by atoms with van der Waals surface area (Å²) in [5, 5.41) is 1.28. The predicted molar refractivity (Wildman–Crippen MR) is 78.0 cm³/mol. The van der Waals surface area contributed by atoms with Crippen molar-refractivity contribution in [3.8, 4) is 0 Å². The highest BCUT2D eigenvalue weighted by molar-refractivity contribution is 5.79. The van der Waals surface area contributed by atoms with Crippen LogP contribution in [0.1, 0.15) is 5.56 Å². The summed E-state index contributed by atoms with van der Waals surface area (Å²) in [7, 11) is 0. The van der Waals surface area contributed by atoms with Crippen molar-refractivity contribution in [3.05, 3.63) is 72.4 Å². The van der Waals surface area contributed by atoms with Crippen molar-refractivity contribution in [3.63, 3.8) is 0 Å². The number of nitrogens with zero attached hydrogens (tertiary/aromatic N) is 1. The second kappa shape index (κ2) is 5.72. The Morgan fingerprint density at radius 3 is 2.53 bits per heavy atom. The molecule has 0 aliphatic carbocycles. The number of hydrogen-bond donors (Lipinski definition) is 0. The van der Waals surface area contributed by atoms with Gasteiger partial charge >= 0.3 is 0 Å². The normalized spacial score (nSPS) is 10.9. The number of benzene rings is 2. The van der Waals surface area contributed by atoms with Gasteiger partial charge in [0.15, 0.2) is 0 Å². The molecule has 2 heteroatoms. The SMILES string of the molecule is c1ccc(COCCn2ccc3ccccc32)cc1. The Labute approximate surface area is 113 Å². The Morgan fingerprint density at radius 2 is 1.63 bits per heavy atom. The molecule has 1 aromatic heterocycles. The summed E-state index contributed by atoms with van der Waals surface area (Å²) >= 11 is 0. The van der Waals surface area contributed by atoms with Crippen molar-refractivity contribution >= 4 is 10.9 Å². The maximum atomic E-state index is 5.72. The summed E-state index contributed by atoms with van der Waals surface area (Å²) in [5.41, 5.74) is 2.49. The third-order valence-electron chi connectivity index (χ3n) is 3.27. The first kappa shape index (κ1) is 12.0. The number of rotatable bonds is 5. The summed E-state index contributed by atoms with van der Waals surface area (Å²) in [6.07, 6.45) is 2.12. The number of fused-ring (bicyclic) bond motifs is 1. The van der Waals surface area contributed by atoms with Crippen LogP contribution in [-0.4, -0.2) is 11.2 Å². The summed E-state index contributed by atoms with van der Waals surface area (Å²) in [5.74, 6) is 0. The molecule has 0 N–H and O–H groups in total. The molecule has 0 aliphatic heterocycles. The fourth-order valence-electron chi connectivity index (χ4n) is 2.26. The molecule has 2 nitrogen and oxygen atoms in total. The Kier molecular flexibility index (Phi) is 3.61. The zero-order chi connectivity index (χ0) is 12.9. The van der Waals surface area contributed by atoms with E-state index in [1.807, 2.05) is 18.2 Å². The molecule has 19 heavy (non-hydrogen) atoms. The molecule has 0 aliphatic rings. The number of aromatic nitrogens is 1. The first-order valence-corrected chi connectivity index (χ1v) is 6.59. The minimum Gasteiger partial charge on any atom is -0.375 e. The predicted octanol–water partition coefficient (Wildman–Crippen LogP) is 3.86. The van der Waals surface area contributed by atoms with Gasteiger partial charge in [0.25, 0.3) is 0 Å². The molecule has 0 bridgehead atoms. The quantitative estimate of drug-likeness (QED) is 0.628. The molecule has 96 valence electrons. The van der Waals surface area contributed by atoms with E-state index in [1.165, 1.54) is 16.5 Å². The van der Waals surface area contributed by atoms with Crippen LogP contribution in [-0.2, 0) is 17.9 Å². The molecule has 0 fully saturated rings. The van der Waals surface area contributed by atoms with Gasteiger partial charge in [-0.3, -0.25) is 0 Å². The first-order valence-electron chi connectivity index (χ1n) is 6.59. The van der Waals surface area contributed by atoms with Crippen LogP contribution in [0.15, 0.2) is 66.9 Å². The monoisotopic (exact) mass is 251 g/mol. The van der Waals surface area contributed by atoms with Crippen molar-refractivity contribution in [2.75, 3.05) is 6.61 Å². The minimum absolute atomic E-state index is 0.681. The second-order valence-corrected chi connectivity index (χ2v) is 4.61. The molecule has 1 heterocycles. The Hall–Kier alpha value is -2.06. The Bertz CT molecular complexity index is 642. The second-order valence-electron chi connectivity index (χ2n) is 4.61. The van der Waals surface area contributed by atoms with Gasteiger partial charge in [0.2, 0.25) is 0 Å². The van der Waals surface area contributed by atoms with E-state index in [9.17, 15) is 0 Å². The molecule has 0 saturated heterocycles. The van der Waals surface area contributed by atoms with E-state index in [4.69, 9.17) is 4.74 Å². The lowest BCUT2D eigenvalue weighted by atomic mass is 10.2. The molecule has 0 amide bonds. The van der Waals surface area contributed by atoms with E-state index in [0.717, 1.165) is 13.2 Å². The fourth-order valence-corrected chi connectivity index (χ4v) is 2.26. The van der Waals surface area contributed by atoms with E-state index in [1.54, 1.807) is 0 Å². The van der Waals surface area contributed by atoms with Crippen LogP contribution in [0.2, 0.25) is 0 Å². The van der Waals surface area contributed by atoms with E-state index in [2.05, 4.69) is 53.2 Å². The molecule has 0 atom stereocenters. The average Bonchev–Trinajstić information content (AvgIpc) is 2.88. The topological polar surface area (TPSA) is 14.2 Å². The molecule has 0 saturated carbocycles. The van der Waals surface area contributed by atoms with Crippen LogP contribution in [0.4, 0.5) is 0 Å². The van der Waals surface area contributed by atoms with E-state index < -0.39 is 0 Å². The van der Waals surface area contributed by atoms with Gasteiger partial charge in [0.1, 0.15) is 0 Å². The van der Waals surface area contributed by atoms with E-state index in [-0.39, 0.29) is 0 Å². The van der Waals surface area contributed by atoms with Crippen LogP contribution >= 0.6 is 0 Å². The van der Waals surface area contributed by atoms with Crippen molar-refractivity contribution in [1.29, 1.82) is 0 Å². The van der Waals surface area contributed by atoms with Gasteiger partial charge in [-0.1, -0.05) is 48.5 Å². The van der Waals surface area contributed by atoms with Crippen LogP contribution in [0.25, 0.3) is 10.9 Å². The molecular formula is C17H17NO. The highest BCUT2D eigenvalue weighted by Gasteiger charge is 1.99. The van der Waals surface area contributed by atoms with Gasteiger partial charge in [-0.15, -0.1) is 0 Å². The summed E-state index contributed by atoms with van der Waals surface area (Å²) in [4.78, 5) is 0. The van der Waals surface area contributed by atoms with Gasteiger partial charge < -0.3 is 9.30 Å². The van der Waals surface area contributed by atoms with E-state index >= 15 is 0 Å². The lowest BCUT2D eigenvalue weighted by Gasteiger charge is -2.07.